The molecular formula is C12H11Cl2N3O. The Morgan fingerprint density at radius 1 is 1.06 bits per heavy atom. The van der Waals surface area contributed by atoms with Crippen molar-refractivity contribution in [3.63, 3.8) is 0 Å². The van der Waals surface area contributed by atoms with Crippen LogP contribution < -0.4 is 11.5 Å². The topological polar surface area (TPSA) is 85.2 Å². The Bertz CT molecular complexity index is 590. The molecule has 0 spiro atoms. The maximum Gasteiger partial charge on any atom is 0.129 e. The summed E-state index contributed by atoms with van der Waals surface area (Å²) in [6.45, 7) is 0. The van der Waals surface area contributed by atoms with E-state index in [2.05, 4.69) is 4.98 Å². The quantitative estimate of drug-likeness (QED) is 0.740. The van der Waals surface area contributed by atoms with Crippen LogP contribution in [-0.4, -0.2) is 10.1 Å². The fourth-order valence-corrected chi connectivity index (χ4v) is 1.99. The summed E-state index contributed by atoms with van der Waals surface area (Å²) in [5.74, 6) is 0.209. The summed E-state index contributed by atoms with van der Waals surface area (Å²) in [6.07, 6.45) is 0.423. The molecular weight excluding hydrogens is 273 g/mol. The number of aromatic nitrogens is 1. The second-order valence-electron chi connectivity index (χ2n) is 3.80. The number of halogens is 2. The Labute approximate surface area is 114 Å². The van der Waals surface area contributed by atoms with Crippen LogP contribution in [0.1, 0.15) is 17.2 Å². The monoisotopic (exact) mass is 283 g/mol. The van der Waals surface area contributed by atoms with Crippen LogP contribution in [-0.2, 0) is 0 Å². The molecule has 0 fully saturated rings. The first-order valence-corrected chi connectivity index (χ1v) is 5.88. The molecule has 0 aliphatic carbocycles. The van der Waals surface area contributed by atoms with Gasteiger partial charge in [0.1, 0.15) is 11.9 Å². The third kappa shape index (κ3) is 2.51. The maximum atomic E-state index is 10.3. The lowest BCUT2D eigenvalue weighted by Crippen LogP contribution is -2.07. The first-order valence-electron chi connectivity index (χ1n) is 5.13. The molecule has 0 saturated heterocycles. The SMILES string of the molecule is Nc1cc(Cl)ccc1C(O)c1cc(Cl)cnc1N. The second kappa shape index (κ2) is 5.02. The van der Waals surface area contributed by atoms with Gasteiger partial charge in [0, 0.05) is 28.0 Å². The number of nitrogens with zero attached hydrogens (tertiary/aromatic N) is 1. The van der Waals surface area contributed by atoms with Gasteiger partial charge in [0.15, 0.2) is 0 Å². The van der Waals surface area contributed by atoms with E-state index in [-0.39, 0.29) is 5.82 Å². The van der Waals surface area contributed by atoms with E-state index in [1.54, 1.807) is 24.3 Å². The summed E-state index contributed by atoms with van der Waals surface area (Å²) in [4.78, 5) is 3.89. The van der Waals surface area contributed by atoms with Crippen LogP contribution in [0.5, 0.6) is 0 Å². The molecule has 6 heteroatoms. The molecule has 0 bridgehead atoms. The Morgan fingerprint density at radius 2 is 1.78 bits per heavy atom. The molecule has 0 aliphatic rings. The van der Waals surface area contributed by atoms with Crippen LogP contribution in [0.2, 0.25) is 10.0 Å². The fraction of sp³-hybridized carbons (Fsp3) is 0.0833. The Morgan fingerprint density at radius 3 is 2.44 bits per heavy atom. The van der Waals surface area contributed by atoms with Gasteiger partial charge in [-0.2, -0.15) is 0 Å². The van der Waals surface area contributed by atoms with E-state index in [9.17, 15) is 5.11 Å². The highest BCUT2D eigenvalue weighted by atomic mass is 35.5. The zero-order valence-corrected chi connectivity index (χ0v) is 10.8. The summed E-state index contributed by atoms with van der Waals surface area (Å²) in [5.41, 5.74) is 12.8. The van der Waals surface area contributed by atoms with Crippen molar-refractivity contribution in [1.82, 2.24) is 4.98 Å². The van der Waals surface area contributed by atoms with Crippen LogP contribution in [0.3, 0.4) is 0 Å². The van der Waals surface area contributed by atoms with E-state index in [1.807, 2.05) is 0 Å². The van der Waals surface area contributed by atoms with Crippen molar-refractivity contribution < 1.29 is 5.11 Å². The molecule has 1 heterocycles. The molecule has 1 aromatic heterocycles. The molecule has 94 valence electrons. The predicted octanol–water partition coefficient (Wildman–Crippen LogP) is 2.63. The van der Waals surface area contributed by atoms with Gasteiger partial charge < -0.3 is 16.6 Å². The van der Waals surface area contributed by atoms with Gasteiger partial charge in [-0.1, -0.05) is 29.3 Å². The summed E-state index contributed by atoms with van der Waals surface area (Å²) >= 11 is 11.6. The van der Waals surface area contributed by atoms with Crippen molar-refractivity contribution in [3.05, 3.63) is 51.6 Å². The first kappa shape index (κ1) is 13.0. The molecule has 1 atom stereocenters. The van der Waals surface area contributed by atoms with Crippen LogP contribution in [0.4, 0.5) is 11.5 Å². The largest absolute Gasteiger partial charge is 0.398 e. The van der Waals surface area contributed by atoms with E-state index in [1.165, 1.54) is 6.20 Å². The average molecular weight is 284 g/mol. The molecule has 0 radical (unpaired) electrons. The predicted molar refractivity (Wildman–Crippen MR) is 73.6 cm³/mol. The van der Waals surface area contributed by atoms with Crippen molar-refractivity contribution in [2.75, 3.05) is 11.5 Å². The Hall–Kier alpha value is -1.49. The van der Waals surface area contributed by atoms with E-state index in [4.69, 9.17) is 34.7 Å². The number of rotatable bonds is 2. The molecule has 1 unspecified atom stereocenters. The number of benzene rings is 1. The van der Waals surface area contributed by atoms with E-state index < -0.39 is 6.10 Å². The number of hydrogen-bond acceptors (Lipinski definition) is 4. The minimum Gasteiger partial charge on any atom is -0.398 e. The summed E-state index contributed by atoms with van der Waals surface area (Å²) in [7, 11) is 0. The number of nitrogen functional groups attached to an aromatic ring is 2. The number of anilines is 2. The van der Waals surface area contributed by atoms with Gasteiger partial charge in [0.05, 0.1) is 5.02 Å². The van der Waals surface area contributed by atoms with E-state index in [0.717, 1.165) is 0 Å². The number of aliphatic hydroxyl groups is 1. The van der Waals surface area contributed by atoms with Crippen molar-refractivity contribution in [1.29, 1.82) is 0 Å². The lowest BCUT2D eigenvalue weighted by molar-refractivity contribution is 0.221. The summed E-state index contributed by atoms with van der Waals surface area (Å²) < 4.78 is 0. The van der Waals surface area contributed by atoms with Gasteiger partial charge in [-0.25, -0.2) is 4.98 Å². The van der Waals surface area contributed by atoms with E-state index >= 15 is 0 Å². The number of hydrogen-bond donors (Lipinski definition) is 3. The van der Waals surface area contributed by atoms with Crippen molar-refractivity contribution in [3.8, 4) is 0 Å². The minimum atomic E-state index is -0.992. The van der Waals surface area contributed by atoms with Gasteiger partial charge in [-0.3, -0.25) is 0 Å². The molecule has 5 N–H and O–H groups in total. The zero-order valence-electron chi connectivity index (χ0n) is 9.27. The average Bonchev–Trinajstić information content (AvgIpc) is 2.31. The number of pyridine rings is 1. The molecule has 18 heavy (non-hydrogen) atoms. The number of nitrogens with two attached hydrogens (primary N) is 2. The van der Waals surface area contributed by atoms with Crippen LogP contribution in [0.15, 0.2) is 30.5 Å². The van der Waals surface area contributed by atoms with Gasteiger partial charge in [0.25, 0.3) is 0 Å². The van der Waals surface area contributed by atoms with Gasteiger partial charge in [0.2, 0.25) is 0 Å². The summed E-state index contributed by atoms with van der Waals surface area (Å²) in [6, 6.07) is 6.41. The van der Waals surface area contributed by atoms with Gasteiger partial charge in [-0.05, 0) is 18.2 Å². The van der Waals surface area contributed by atoms with E-state index in [0.29, 0.717) is 26.9 Å². The lowest BCUT2D eigenvalue weighted by Gasteiger charge is -2.15. The normalized spacial score (nSPS) is 12.4. The Kier molecular flexibility index (Phi) is 3.61. The number of aliphatic hydroxyl groups excluding tert-OH is 1. The second-order valence-corrected chi connectivity index (χ2v) is 4.68. The van der Waals surface area contributed by atoms with Crippen molar-refractivity contribution in [2.24, 2.45) is 0 Å². The third-order valence-corrected chi connectivity index (χ3v) is 3.00. The van der Waals surface area contributed by atoms with Crippen LogP contribution in [0.25, 0.3) is 0 Å². The maximum absolute atomic E-state index is 10.3. The van der Waals surface area contributed by atoms with Crippen LogP contribution >= 0.6 is 23.2 Å². The van der Waals surface area contributed by atoms with Gasteiger partial charge >= 0.3 is 0 Å². The molecule has 0 aliphatic heterocycles. The molecule has 1 aromatic carbocycles. The highest BCUT2D eigenvalue weighted by Gasteiger charge is 2.17. The minimum absolute atomic E-state index is 0.209. The Balaban J connectivity index is 2.47. The summed E-state index contributed by atoms with van der Waals surface area (Å²) in [5, 5.41) is 11.2. The third-order valence-electron chi connectivity index (χ3n) is 2.55. The molecule has 0 amide bonds. The lowest BCUT2D eigenvalue weighted by atomic mass is 10.0. The van der Waals surface area contributed by atoms with Crippen LogP contribution in [0, 0.1) is 0 Å². The molecule has 0 saturated carbocycles. The molecule has 2 rings (SSSR count). The molecule has 2 aromatic rings. The smallest absolute Gasteiger partial charge is 0.129 e. The zero-order chi connectivity index (χ0) is 13.3. The highest BCUT2D eigenvalue weighted by Crippen LogP contribution is 2.31. The standard InChI is InChI=1S/C12H11Cl2N3O/c13-6-1-2-8(10(15)4-6)11(18)9-3-7(14)5-17-12(9)16/h1-5,11,18H,15H2,(H2,16,17). The van der Waals surface area contributed by atoms with Crippen molar-refractivity contribution in [2.45, 2.75) is 6.10 Å². The van der Waals surface area contributed by atoms with Crippen molar-refractivity contribution >= 4 is 34.7 Å². The fourth-order valence-electron chi connectivity index (χ4n) is 1.65. The first-order chi connectivity index (χ1) is 8.49. The molecule has 4 nitrogen and oxygen atoms in total. The van der Waals surface area contributed by atoms with Gasteiger partial charge in [-0.15, -0.1) is 0 Å². The highest BCUT2D eigenvalue weighted by molar-refractivity contribution is 6.31.